The topological polar surface area (TPSA) is 99.5 Å². The van der Waals surface area contributed by atoms with E-state index in [9.17, 15) is 27.6 Å². The summed E-state index contributed by atoms with van der Waals surface area (Å²) in [4.78, 5) is 37.3. The molecule has 0 unspecified atom stereocenters. The molecule has 2 heterocycles. The molecule has 0 bridgehead atoms. The van der Waals surface area contributed by atoms with Crippen LogP contribution < -0.4 is 5.32 Å². The molecule has 33 heavy (non-hydrogen) atoms. The van der Waals surface area contributed by atoms with Gasteiger partial charge in [-0.2, -0.15) is 18.3 Å². The quantitative estimate of drug-likeness (QED) is 0.522. The number of hydrogen-bond acceptors (Lipinski definition) is 7. The molecule has 0 aliphatic heterocycles. The van der Waals surface area contributed by atoms with E-state index in [2.05, 4.69) is 10.4 Å². The molecule has 0 saturated heterocycles. The minimum atomic E-state index is -4.57. The van der Waals surface area contributed by atoms with Gasteiger partial charge in [0.15, 0.2) is 5.69 Å². The van der Waals surface area contributed by atoms with E-state index >= 15 is 0 Å². The molecule has 8 nitrogen and oxygen atoms in total. The van der Waals surface area contributed by atoms with Crippen LogP contribution in [-0.2, 0) is 27.0 Å². The summed E-state index contributed by atoms with van der Waals surface area (Å²) in [6, 6.07) is 1.03. The Bertz CT molecular complexity index is 1060. The molecule has 0 spiro atoms. The molecule has 2 aromatic rings. The van der Waals surface area contributed by atoms with Gasteiger partial charge in [0, 0.05) is 24.6 Å². The first-order chi connectivity index (χ1) is 15.6. The first kappa shape index (κ1) is 24.7. The second-order valence-corrected chi connectivity index (χ2v) is 8.66. The first-order valence-electron chi connectivity index (χ1n) is 10.4. The third kappa shape index (κ3) is 5.73. The van der Waals surface area contributed by atoms with Gasteiger partial charge in [0.1, 0.15) is 9.88 Å². The number of aryl methyl sites for hydroxylation is 1. The number of anilines is 1. The summed E-state index contributed by atoms with van der Waals surface area (Å²) in [5.74, 6) is -1.87. The number of carbonyl (C=O) groups is 3. The Morgan fingerprint density at radius 2 is 1.97 bits per heavy atom. The molecule has 1 aliphatic carbocycles. The molecule has 1 saturated carbocycles. The average molecular weight is 488 g/mol. The number of amides is 1. The maximum atomic E-state index is 13.1. The Morgan fingerprint density at radius 3 is 2.55 bits per heavy atom. The monoisotopic (exact) mass is 487 g/mol. The summed E-state index contributed by atoms with van der Waals surface area (Å²) < 4.78 is 50.3. The minimum Gasteiger partial charge on any atom is -0.465 e. The van der Waals surface area contributed by atoms with E-state index < -0.39 is 29.7 Å². The van der Waals surface area contributed by atoms with Crippen molar-refractivity contribution in [2.45, 2.75) is 58.2 Å². The highest BCUT2D eigenvalue weighted by Crippen LogP contribution is 2.42. The molecule has 0 radical (unpaired) electrons. The predicted molar refractivity (Wildman–Crippen MR) is 113 cm³/mol. The normalized spacial score (nSPS) is 13.6. The van der Waals surface area contributed by atoms with Gasteiger partial charge in [-0.05, 0) is 37.8 Å². The number of ether oxygens (including phenoxy) is 2. The zero-order valence-corrected chi connectivity index (χ0v) is 19.2. The van der Waals surface area contributed by atoms with Crippen LogP contribution in [0.2, 0.25) is 0 Å². The van der Waals surface area contributed by atoms with Gasteiger partial charge in [-0.25, -0.2) is 9.59 Å². The van der Waals surface area contributed by atoms with Crippen molar-refractivity contribution in [3.8, 4) is 0 Å². The number of nitrogens with zero attached hydrogens (tertiary/aromatic N) is 2. The lowest BCUT2D eigenvalue weighted by molar-refractivity contribution is -0.141. The summed E-state index contributed by atoms with van der Waals surface area (Å²) in [6.45, 7) is 3.48. The van der Waals surface area contributed by atoms with Gasteiger partial charge in [-0.15, -0.1) is 11.3 Å². The maximum Gasteiger partial charge on any atom is 0.435 e. The van der Waals surface area contributed by atoms with Gasteiger partial charge in [-0.1, -0.05) is 6.92 Å². The molecule has 1 N–H and O–H groups in total. The fraction of sp³-hybridized carbons (Fsp3) is 0.524. The Morgan fingerprint density at radius 1 is 1.27 bits per heavy atom. The smallest absolute Gasteiger partial charge is 0.435 e. The molecule has 0 aromatic carbocycles. The summed E-state index contributed by atoms with van der Waals surface area (Å²) in [5, 5.41) is 6.34. The molecular weight excluding hydrogens is 463 g/mol. The molecule has 1 fully saturated rings. The van der Waals surface area contributed by atoms with Crippen molar-refractivity contribution in [3.05, 3.63) is 33.5 Å². The number of aromatic nitrogens is 2. The Balaban J connectivity index is 1.77. The number of alkyl halides is 3. The van der Waals surface area contributed by atoms with E-state index in [1.807, 2.05) is 6.92 Å². The Labute approximate surface area is 192 Å². The van der Waals surface area contributed by atoms with E-state index in [0.29, 0.717) is 17.7 Å². The number of carbonyl (C=O) groups excluding carboxylic acids is 3. The van der Waals surface area contributed by atoms with Crippen molar-refractivity contribution in [2.24, 2.45) is 0 Å². The van der Waals surface area contributed by atoms with E-state index in [1.54, 1.807) is 6.92 Å². The second kappa shape index (κ2) is 9.94. The van der Waals surface area contributed by atoms with Gasteiger partial charge in [-0.3, -0.25) is 9.48 Å². The number of methoxy groups -OCH3 is 1. The van der Waals surface area contributed by atoms with Crippen molar-refractivity contribution in [1.29, 1.82) is 0 Å². The van der Waals surface area contributed by atoms with Crippen molar-refractivity contribution in [2.75, 3.05) is 19.0 Å². The van der Waals surface area contributed by atoms with Crippen molar-refractivity contribution >= 4 is 34.2 Å². The van der Waals surface area contributed by atoms with Gasteiger partial charge < -0.3 is 14.8 Å². The fourth-order valence-corrected chi connectivity index (χ4v) is 4.38. The van der Waals surface area contributed by atoms with Crippen molar-refractivity contribution in [3.63, 3.8) is 0 Å². The first-order valence-corrected chi connectivity index (χ1v) is 11.2. The highest BCUT2D eigenvalue weighted by Gasteiger charge is 2.38. The highest BCUT2D eigenvalue weighted by molar-refractivity contribution is 7.18. The minimum absolute atomic E-state index is 0.0131. The predicted octanol–water partition coefficient (Wildman–Crippen LogP) is 4.53. The van der Waals surface area contributed by atoms with Crippen molar-refractivity contribution < 1.29 is 37.0 Å². The number of hydrogen-bond donors (Lipinski definition) is 1. The van der Waals surface area contributed by atoms with Crippen LogP contribution in [0, 0.1) is 6.92 Å². The molecular formula is C21H24F3N3O5S. The lowest BCUT2D eigenvalue weighted by Crippen LogP contribution is -2.18. The van der Waals surface area contributed by atoms with Crippen LogP contribution in [0.1, 0.15) is 75.5 Å². The Kier molecular flexibility index (Phi) is 7.45. The number of rotatable bonds is 9. The summed E-state index contributed by atoms with van der Waals surface area (Å²) in [7, 11) is 1.20. The Hall–Kier alpha value is -2.89. The van der Waals surface area contributed by atoms with Gasteiger partial charge >= 0.3 is 18.1 Å². The standard InChI is InChI=1S/C21H24F3N3O5S/c1-4-9-32-19(29)16-11(2)17(20(30)31-3)33-18(16)25-15(28)7-8-27-13(12-5-6-12)10-14(26-27)21(22,23)24/h10,12H,4-9H2,1-3H3,(H,25,28). The number of nitrogens with one attached hydrogen (secondary N) is 1. The van der Waals surface area contributed by atoms with Crippen LogP contribution in [0.3, 0.4) is 0 Å². The van der Waals surface area contributed by atoms with Gasteiger partial charge in [0.05, 0.1) is 19.3 Å². The van der Waals surface area contributed by atoms with Crippen LogP contribution in [0.5, 0.6) is 0 Å². The molecule has 1 aliphatic rings. The van der Waals surface area contributed by atoms with Gasteiger partial charge in [0.25, 0.3) is 0 Å². The average Bonchev–Trinajstić information content (AvgIpc) is 3.42. The molecule has 3 rings (SSSR count). The lowest BCUT2D eigenvalue weighted by Gasteiger charge is -2.09. The number of esters is 2. The second-order valence-electron chi connectivity index (χ2n) is 7.64. The van der Waals surface area contributed by atoms with Crippen LogP contribution in [-0.4, -0.2) is 41.3 Å². The SMILES string of the molecule is CCCOC(=O)c1c(NC(=O)CCn2nc(C(F)(F)F)cc2C2CC2)sc(C(=O)OC)c1C. The number of thiophene rings is 1. The van der Waals surface area contributed by atoms with Crippen LogP contribution >= 0.6 is 11.3 Å². The van der Waals surface area contributed by atoms with Crippen LogP contribution in [0.15, 0.2) is 6.07 Å². The van der Waals surface area contributed by atoms with Crippen LogP contribution in [0.25, 0.3) is 0 Å². The van der Waals surface area contributed by atoms with Gasteiger partial charge in [0.2, 0.25) is 5.91 Å². The third-order valence-corrected chi connectivity index (χ3v) is 6.25. The zero-order chi connectivity index (χ0) is 24.3. The molecule has 0 atom stereocenters. The largest absolute Gasteiger partial charge is 0.465 e. The fourth-order valence-electron chi connectivity index (χ4n) is 3.25. The zero-order valence-electron chi connectivity index (χ0n) is 18.4. The third-order valence-electron chi connectivity index (χ3n) is 5.06. The molecule has 1 amide bonds. The van der Waals surface area contributed by atoms with E-state index in [0.717, 1.165) is 30.2 Å². The summed E-state index contributed by atoms with van der Waals surface area (Å²) >= 11 is 0.878. The highest BCUT2D eigenvalue weighted by atomic mass is 32.1. The van der Waals surface area contributed by atoms with E-state index in [-0.39, 0.29) is 40.9 Å². The van der Waals surface area contributed by atoms with E-state index in [1.165, 1.54) is 11.8 Å². The lowest BCUT2D eigenvalue weighted by atomic mass is 10.1. The molecule has 180 valence electrons. The number of halogens is 3. The summed E-state index contributed by atoms with van der Waals surface area (Å²) in [6.07, 6.45) is -2.59. The summed E-state index contributed by atoms with van der Waals surface area (Å²) in [5.41, 5.74) is -0.151. The molecule has 2 aromatic heterocycles. The maximum absolute atomic E-state index is 13.1. The molecule has 12 heteroatoms. The van der Waals surface area contributed by atoms with Crippen LogP contribution in [0.4, 0.5) is 18.2 Å². The van der Waals surface area contributed by atoms with Crippen molar-refractivity contribution in [1.82, 2.24) is 9.78 Å². The van der Waals surface area contributed by atoms with E-state index in [4.69, 9.17) is 9.47 Å².